The van der Waals surface area contributed by atoms with E-state index < -0.39 is 18.9 Å². The Kier molecular flexibility index (Phi) is 5.83. The third kappa shape index (κ3) is 4.49. The highest BCUT2D eigenvalue weighted by Gasteiger charge is 2.38. The first kappa shape index (κ1) is 20.8. The fraction of sp³-hybridized carbons (Fsp3) is 0.143. The summed E-state index contributed by atoms with van der Waals surface area (Å²) in [6.07, 6.45) is 5.25. The van der Waals surface area contributed by atoms with Crippen LogP contribution in [0.2, 0.25) is 5.82 Å². The average molecular weight is 435 g/mol. The van der Waals surface area contributed by atoms with Crippen LogP contribution in [0, 0.1) is 0 Å². The van der Waals surface area contributed by atoms with Gasteiger partial charge in [-0.1, -0.05) is 18.2 Å². The van der Waals surface area contributed by atoms with Crippen molar-refractivity contribution >= 4 is 47.0 Å². The molecule has 1 aromatic carbocycles. The van der Waals surface area contributed by atoms with Gasteiger partial charge in [-0.05, 0) is 35.8 Å². The first-order valence-electron chi connectivity index (χ1n) is 9.48. The number of thiazole rings is 1. The second-order valence-electron chi connectivity index (χ2n) is 7.11. The van der Waals surface area contributed by atoms with Gasteiger partial charge in [0.25, 0.3) is 0 Å². The maximum absolute atomic E-state index is 13.2. The lowest BCUT2D eigenvalue weighted by atomic mass is 9.64. The zero-order valence-electron chi connectivity index (χ0n) is 16.3. The molecule has 3 aromatic rings. The SMILES string of the molecule is Nc1nc(/C(=C/c2cccnc2)C(=O)C[C@H]2Cc3cccc(C(=O)O)c3OB2O)cs1. The van der Waals surface area contributed by atoms with Crippen LogP contribution in [0.3, 0.4) is 0 Å². The van der Waals surface area contributed by atoms with Crippen LogP contribution < -0.4 is 10.4 Å². The van der Waals surface area contributed by atoms with Gasteiger partial charge in [-0.15, -0.1) is 11.3 Å². The second kappa shape index (κ2) is 8.70. The van der Waals surface area contributed by atoms with Crippen LogP contribution >= 0.6 is 11.3 Å². The first-order chi connectivity index (χ1) is 14.9. The standard InChI is InChI=1S/C21H18BN3O5S/c23-21-25-17(11-31-21)16(7-12-3-2-6-24-10-12)18(26)9-14-8-13-4-1-5-15(20(27)28)19(13)30-22(14)29/h1-7,10-11,14,29H,8-9H2,(H2,23,25)(H,27,28)/b16-7-/t14-/m1/s1. The lowest BCUT2D eigenvalue weighted by Crippen LogP contribution is -2.36. The third-order valence-electron chi connectivity index (χ3n) is 4.99. The number of nitrogen functional groups attached to an aromatic ring is 1. The molecule has 0 amide bonds. The number of ketones is 1. The number of nitrogens with two attached hydrogens (primary N) is 1. The average Bonchev–Trinajstić information content (AvgIpc) is 3.18. The maximum Gasteiger partial charge on any atom is 0.526 e. The lowest BCUT2D eigenvalue weighted by molar-refractivity contribution is -0.113. The molecule has 0 spiro atoms. The van der Waals surface area contributed by atoms with Gasteiger partial charge in [0, 0.05) is 35.6 Å². The molecule has 4 N–H and O–H groups in total. The molecule has 8 nitrogen and oxygen atoms in total. The summed E-state index contributed by atoms with van der Waals surface area (Å²) < 4.78 is 5.51. The lowest BCUT2D eigenvalue weighted by Gasteiger charge is -2.28. The van der Waals surface area contributed by atoms with E-state index in [0.29, 0.717) is 28.4 Å². The van der Waals surface area contributed by atoms with Crippen LogP contribution in [0.1, 0.15) is 33.6 Å². The number of allylic oxidation sites excluding steroid dienone is 1. The summed E-state index contributed by atoms with van der Waals surface area (Å²) in [5, 5.41) is 21.9. The van der Waals surface area contributed by atoms with E-state index in [1.165, 1.54) is 17.4 Å². The van der Waals surface area contributed by atoms with E-state index in [4.69, 9.17) is 10.4 Å². The number of carbonyl (C=O) groups is 2. The fourth-order valence-corrected chi connectivity index (χ4v) is 4.07. The number of fused-ring (bicyclic) bond motifs is 1. The summed E-state index contributed by atoms with van der Waals surface area (Å²) in [7, 11) is -1.31. The Morgan fingerprint density at radius 1 is 1.32 bits per heavy atom. The number of rotatable bonds is 6. The summed E-state index contributed by atoms with van der Waals surface area (Å²) in [6.45, 7) is 0. The largest absolute Gasteiger partial charge is 0.535 e. The number of carboxylic acids is 1. The first-order valence-corrected chi connectivity index (χ1v) is 10.4. The Morgan fingerprint density at radius 3 is 2.84 bits per heavy atom. The van der Waals surface area contributed by atoms with Gasteiger partial charge in [-0.3, -0.25) is 9.78 Å². The zero-order valence-corrected chi connectivity index (χ0v) is 17.1. The summed E-state index contributed by atoms with van der Waals surface area (Å²) in [5.74, 6) is -1.78. The minimum absolute atomic E-state index is 0.0125. The van der Waals surface area contributed by atoms with Crippen LogP contribution in [0.15, 0.2) is 48.1 Å². The van der Waals surface area contributed by atoms with Crippen LogP contribution in [-0.4, -0.2) is 39.0 Å². The molecular weight excluding hydrogens is 417 g/mol. The molecule has 156 valence electrons. The number of hydrogen-bond acceptors (Lipinski definition) is 8. The summed E-state index contributed by atoms with van der Waals surface area (Å²) in [5.41, 5.74) is 7.92. The maximum atomic E-state index is 13.2. The van der Waals surface area contributed by atoms with E-state index in [1.807, 2.05) is 6.07 Å². The zero-order chi connectivity index (χ0) is 22.0. The normalized spacial score (nSPS) is 15.8. The van der Waals surface area contributed by atoms with Crippen LogP contribution in [0.5, 0.6) is 5.75 Å². The van der Waals surface area contributed by atoms with Crippen molar-refractivity contribution in [1.29, 1.82) is 0 Å². The second-order valence-corrected chi connectivity index (χ2v) is 8.00. The number of pyridine rings is 1. The van der Waals surface area contributed by atoms with Gasteiger partial charge in [0.2, 0.25) is 0 Å². The minimum Gasteiger partial charge on any atom is -0.535 e. The number of hydrogen-bond donors (Lipinski definition) is 3. The van der Waals surface area contributed by atoms with Crippen molar-refractivity contribution in [3.8, 4) is 5.75 Å². The van der Waals surface area contributed by atoms with Crippen LogP contribution in [-0.2, 0) is 11.2 Å². The smallest absolute Gasteiger partial charge is 0.526 e. The van der Waals surface area contributed by atoms with E-state index in [2.05, 4.69) is 9.97 Å². The highest BCUT2D eigenvalue weighted by Crippen LogP contribution is 2.37. The molecule has 0 saturated carbocycles. The number of benzene rings is 1. The van der Waals surface area contributed by atoms with Crippen molar-refractivity contribution in [2.75, 3.05) is 5.73 Å². The predicted octanol–water partition coefficient (Wildman–Crippen LogP) is 2.80. The number of nitrogens with zero attached hydrogens (tertiary/aromatic N) is 2. The predicted molar refractivity (Wildman–Crippen MR) is 118 cm³/mol. The van der Waals surface area contributed by atoms with Crippen molar-refractivity contribution in [3.05, 3.63) is 70.5 Å². The number of aromatic nitrogens is 2. The third-order valence-corrected chi connectivity index (χ3v) is 5.67. The molecule has 1 aliphatic rings. The molecule has 31 heavy (non-hydrogen) atoms. The number of anilines is 1. The number of para-hydroxylation sites is 1. The van der Waals surface area contributed by atoms with Gasteiger partial charge in [0.1, 0.15) is 5.75 Å². The van der Waals surface area contributed by atoms with Crippen LogP contribution in [0.4, 0.5) is 5.13 Å². The molecule has 4 rings (SSSR count). The molecule has 1 atom stereocenters. The number of carbonyl (C=O) groups excluding carboxylic acids is 1. The van der Waals surface area contributed by atoms with Gasteiger partial charge in [0.05, 0.1) is 11.3 Å². The molecule has 3 heterocycles. The quantitative estimate of drug-likeness (QED) is 0.397. The Hall–Kier alpha value is -3.50. The number of Topliss-reactive ketones (excluding diaryl/α,β-unsaturated/α-hetero) is 1. The Labute approximate surface area is 182 Å². The van der Waals surface area contributed by atoms with Crippen molar-refractivity contribution in [1.82, 2.24) is 9.97 Å². The molecule has 0 saturated heterocycles. The van der Waals surface area contributed by atoms with Gasteiger partial charge < -0.3 is 20.5 Å². The Bertz CT molecular complexity index is 1160. The minimum atomic E-state index is -1.31. The number of carboxylic acid groups (broad SMARTS) is 1. The van der Waals surface area contributed by atoms with Crippen molar-refractivity contribution in [3.63, 3.8) is 0 Å². The van der Waals surface area contributed by atoms with Gasteiger partial charge in [-0.2, -0.15) is 0 Å². The molecule has 0 radical (unpaired) electrons. The van der Waals surface area contributed by atoms with Gasteiger partial charge in [-0.25, -0.2) is 9.78 Å². The van der Waals surface area contributed by atoms with Crippen molar-refractivity contribution in [2.45, 2.75) is 18.7 Å². The van der Waals surface area contributed by atoms with E-state index in [0.717, 1.165) is 5.56 Å². The Morgan fingerprint density at radius 2 is 2.16 bits per heavy atom. The summed E-state index contributed by atoms with van der Waals surface area (Å²) in [4.78, 5) is 32.9. The highest BCUT2D eigenvalue weighted by atomic mass is 32.1. The fourth-order valence-electron chi connectivity index (χ4n) is 3.51. The Balaban J connectivity index is 1.61. The highest BCUT2D eigenvalue weighted by molar-refractivity contribution is 7.13. The monoisotopic (exact) mass is 435 g/mol. The van der Waals surface area contributed by atoms with E-state index in [1.54, 1.807) is 42.0 Å². The van der Waals surface area contributed by atoms with Gasteiger partial charge in [0.15, 0.2) is 10.9 Å². The van der Waals surface area contributed by atoms with E-state index >= 15 is 0 Å². The summed E-state index contributed by atoms with van der Waals surface area (Å²) in [6, 6.07) is 8.35. The molecule has 0 unspecified atom stereocenters. The molecular formula is C21H18BN3O5S. The number of aromatic carboxylic acids is 1. The topological polar surface area (TPSA) is 136 Å². The van der Waals surface area contributed by atoms with Gasteiger partial charge >= 0.3 is 13.1 Å². The molecule has 10 heteroatoms. The van der Waals surface area contributed by atoms with Crippen molar-refractivity contribution < 1.29 is 24.4 Å². The molecule has 0 aliphatic carbocycles. The molecule has 0 fully saturated rings. The van der Waals surface area contributed by atoms with Crippen molar-refractivity contribution in [2.24, 2.45) is 0 Å². The molecule has 1 aliphatic heterocycles. The molecule has 0 bridgehead atoms. The van der Waals surface area contributed by atoms with E-state index in [9.17, 15) is 19.7 Å². The molecule has 2 aromatic heterocycles. The van der Waals surface area contributed by atoms with E-state index in [-0.39, 0.29) is 23.5 Å². The summed E-state index contributed by atoms with van der Waals surface area (Å²) >= 11 is 1.23. The van der Waals surface area contributed by atoms with Crippen LogP contribution in [0.25, 0.3) is 11.6 Å².